The highest BCUT2D eigenvalue weighted by Gasteiger charge is 2.23. The molecule has 1 aromatic carbocycles. The fraction of sp³-hybridized carbons (Fsp3) is 0.364. The Kier molecular flexibility index (Phi) is 8.17. The summed E-state index contributed by atoms with van der Waals surface area (Å²) in [7, 11) is 1.63. The van der Waals surface area contributed by atoms with E-state index >= 15 is 0 Å². The molecule has 2 atom stereocenters. The lowest BCUT2D eigenvalue weighted by atomic mass is 10.0. The molecule has 150 valence electrons. The van der Waals surface area contributed by atoms with Crippen molar-refractivity contribution in [1.82, 2.24) is 0 Å². The third kappa shape index (κ3) is 5.90. The lowest BCUT2D eigenvalue weighted by Crippen LogP contribution is -2.33. The number of methoxy groups -OCH3 is 1. The lowest BCUT2D eigenvalue weighted by molar-refractivity contribution is -0.111. The van der Waals surface area contributed by atoms with Gasteiger partial charge in [-0.05, 0) is 42.7 Å². The summed E-state index contributed by atoms with van der Waals surface area (Å²) < 4.78 is 11.6. The highest BCUT2D eigenvalue weighted by atomic mass is 16.5. The Morgan fingerprint density at radius 2 is 1.93 bits per heavy atom. The molecule has 0 heterocycles. The molecule has 2 unspecified atom stereocenters. The van der Waals surface area contributed by atoms with Gasteiger partial charge in [-0.15, -0.1) is 0 Å². The van der Waals surface area contributed by atoms with Gasteiger partial charge in [0.2, 0.25) is 5.91 Å². The van der Waals surface area contributed by atoms with Crippen molar-refractivity contribution in [2.45, 2.75) is 45.0 Å². The summed E-state index contributed by atoms with van der Waals surface area (Å²) in [4.78, 5) is 23.4. The van der Waals surface area contributed by atoms with Gasteiger partial charge in [-0.3, -0.25) is 4.79 Å². The van der Waals surface area contributed by atoms with Gasteiger partial charge in [0.1, 0.15) is 12.2 Å². The van der Waals surface area contributed by atoms with Crippen LogP contribution in [0.25, 0.3) is 0 Å². The van der Waals surface area contributed by atoms with Gasteiger partial charge in [0, 0.05) is 13.2 Å². The molecule has 2 N–H and O–H groups in total. The molecule has 0 aromatic heterocycles. The normalized spacial score (nSPS) is 19.1. The molecule has 0 fully saturated rings. The van der Waals surface area contributed by atoms with Crippen LogP contribution in [-0.2, 0) is 14.3 Å². The molecule has 0 saturated carbocycles. The number of rotatable bonds is 9. The van der Waals surface area contributed by atoms with E-state index in [1.165, 1.54) is 12.1 Å². The van der Waals surface area contributed by atoms with E-state index in [1.807, 2.05) is 18.2 Å². The molecular formula is C22H27NO5. The maximum absolute atomic E-state index is 12.2. The Morgan fingerprint density at radius 1 is 1.21 bits per heavy atom. The Labute approximate surface area is 165 Å². The number of para-hydroxylation sites is 1. The van der Waals surface area contributed by atoms with Crippen LogP contribution in [0.3, 0.4) is 0 Å². The predicted octanol–water partition coefficient (Wildman–Crippen LogP) is 3.96. The second-order valence-corrected chi connectivity index (χ2v) is 6.44. The molecular weight excluding hydrogens is 358 g/mol. The molecule has 0 radical (unpaired) electrons. The van der Waals surface area contributed by atoms with Crippen molar-refractivity contribution in [2.24, 2.45) is 0 Å². The largest absolute Gasteiger partial charge is 0.478 e. The van der Waals surface area contributed by atoms with Crippen molar-refractivity contribution in [3.05, 3.63) is 65.8 Å². The quantitative estimate of drug-likeness (QED) is 0.629. The van der Waals surface area contributed by atoms with E-state index in [-0.39, 0.29) is 29.6 Å². The number of hydrogen-bond donors (Lipinski definition) is 2. The molecule has 0 aliphatic heterocycles. The van der Waals surface area contributed by atoms with E-state index in [2.05, 4.69) is 19.2 Å². The molecule has 0 spiro atoms. The maximum Gasteiger partial charge on any atom is 0.337 e. The lowest BCUT2D eigenvalue weighted by Gasteiger charge is -2.28. The second kappa shape index (κ2) is 10.6. The van der Waals surface area contributed by atoms with Crippen LogP contribution in [0.15, 0.2) is 60.2 Å². The summed E-state index contributed by atoms with van der Waals surface area (Å²) in [5, 5.41) is 11.8. The Morgan fingerprint density at radius 3 is 2.57 bits per heavy atom. The van der Waals surface area contributed by atoms with Gasteiger partial charge in [-0.25, -0.2) is 4.79 Å². The van der Waals surface area contributed by atoms with Crippen LogP contribution < -0.4 is 5.32 Å². The number of hydrogen-bond acceptors (Lipinski definition) is 4. The molecule has 1 aromatic rings. The predicted molar refractivity (Wildman–Crippen MR) is 108 cm³/mol. The Balaban J connectivity index is 2.02. The Hall–Kier alpha value is -2.70. The van der Waals surface area contributed by atoms with Crippen LogP contribution in [0.1, 0.15) is 37.0 Å². The molecule has 0 bridgehead atoms. The van der Waals surface area contributed by atoms with E-state index in [1.54, 1.807) is 31.4 Å². The SMILES string of the molecule is CCC(CC)OC1C=CC(/C=C/C(=O)Nc2ccccc2C(=O)O)=CC1OC. The monoisotopic (exact) mass is 385 g/mol. The third-order valence-corrected chi connectivity index (χ3v) is 4.53. The standard InChI is InChI=1S/C22H27NO5/c1-4-16(5-2)28-19-12-10-15(14-20(19)27-3)11-13-21(24)23-18-9-7-6-8-17(18)22(25)26/h6-14,16,19-20H,4-5H2,1-3H3,(H,23,24)(H,25,26)/b13-11+. The Bertz CT molecular complexity index is 777. The number of nitrogens with one attached hydrogen (secondary N) is 1. The zero-order chi connectivity index (χ0) is 20.5. The molecule has 2 rings (SSSR count). The van der Waals surface area contributed by atoms with Gasteiger partial charge < -0.3 is 19.9 Å². The fourth-order valence-electron chi connectivity index (χ4n) is 2.92. The van der Waals surface area contributed by atoms with Gasteiger partial charge in [0.25, 0.3) is 0 Å². The van der Waals surface area contributed by atoms with Crippen molar-refractivity contribution in [2.75, 3.05) is 12.4 Å². The number of carboxylic acids is 1. The van der Waals surface area contributed by atoms with Crippen LogP contribution in [0.2, 0.25) is 0 Å². The van der Waals surface area contributed by atoms with Gasteiger partial charge in [0.15, 0.2) is 0 Å². The van der Waals surface area contributed by atoms with E-state index in [0.717, 1.165) is 18.4 Å². The van der Waals surface area contributed by atoms with Crippen LogP contribution in [0, 0.1) is 0 Å². The van der Waals surface area contributed by atoms with E-state index < -0.39 is 11.9 Å². The van der Waals surface area contributed by atoms with Gasteiger partial charge in [-0.2, -0.15) is 0 Å². The number of aromatic carboxylic acids is 1. The molecule has 6 nitrogen and oxygen atoms in total. The van der Waals surface area contributed by atoms with Crippen molar-refractivity contribution in [3.63, 3.8) is 0 Å². The average Bonchev–Trinajstić information content (AvgIpc) is 2.71. The maximum atomic E-state index is 12.2. The first-order chi connectivity index (χ1) is 13.5. The minimum Gasteiger partial charge on any atom is -0.478 e. The number of anilines is 1. The van der Waals surface area contributed by atoms with Crippen LogP contribution >= 0.6 is 0 Å². The summed E-state index contributed by atoms with van der Waals surface area (Å²) >= 11 is 0. The van der Waals surface area contributed by atoms with E-state index in [4.69, 9.17) is 9.47 Å². The van der Waals surface area contributed by atoms with Crippen LogP contribution in [0.5, 0.6) is 0 Å². The summed E-state index contributed by atoms with van der Waals surface area (Å²) in [6.45, 7) is 4.18. The highest BCUT2D eigenvalue weighted by Crippen LogP contribution is 2.21. The first-order valence-corrected chi connectivity index (χ1v) is 9.38. The van der Waals surface area contributed by atoms with Crippen LogP contribution in [-0.4, -0.2) is 42.4 Å². The second-order valence-electron chi connectivity index (χ2n) is 6.44. The van der Waals surface area contributed by atoms with Crippen LogP contribution in [0.4, 0.5) is 5.69 Å². The molecule has 6 heteroatoms. The number of carbonyl (C=O) groups excluding carboxylic acids is 1. The number of carboxylic acid groups (broad SMARTS) is 1. The molecule has 0 saturated heterocycles. The number of amides is 1. The number of ether oxygens (including phenoxy) is 2. The summed E-state index contributed by atoms with van der Waals surface area (Å²) in [5.74, 6) is -1.50. The van der Waals surface area contributed by atoms with Crippen molar-refractivity contribution >= 4 is 17.6 Å². The first kappa shape index (κ1) is 21.6. The summed E-state index contributed by atoms with van der Waals surface area (Å²) in [5.41, 5.74) is 1.12. The average molecular weight is 385 g/mol. The first-order valence-electron chi connectivity index (χ1n) is 9.38. The molecule has 28 heavy (non-hydrogen) atoms. The molecule has 1 aliphatic carbocycles. The summed E-state index contributed by atoms with van der Waals surface area (Å²) in [6.07, 6.45) is 10.4. The van der Waals surface area contributed by atoms with Gasteiger partial charge in [-0.1, -0.05) is 38.1 Å². The van der Waals surface area contributed by atoms with E-state index in [9.17, 15) is 14.7 Å². The molecule has 1 amide bonds. The zero-order valence-electron chi connectivity index (χ0n) is 16.4. The molecule has 1 aliphatic rings. The summed E-state index contributed by atoms with van der Waals surface area (Å²) in [6, 6.07) is 6.27. The highest BCUT2D eigenvalue weighted by molar-refractivity contribution is 6.04. The van der Waals surface area contributed by atoms with Crippen molar-refractivity contribution in [3.8, 4) is 0 Å². The fourth-order valence-corrected chi connectivity index (χ4v) is 2.92. The topological polar surface area (TPSA) is 84.9 Å². The minimum atomic E-state index is -1.09. The smallest absolute Gasteiger partial charge is 0.337 e. The number of allylic oxidation sites excluding steroid dienone is 3. The van der Waals surface area contributed by atoms with E-state index in [0.29, 0.717) is 0 Å². The zero-order valence-corrected chi connectivity index (χ0v) is 16.4. The third-order valence-electron chi connectivity index (χ3n) is 4.53. The van der Waals surface area contributed by atoms with Gasteiger partial charge >= 0.3 is 5.97 Å². The van der Waals surface area contributed by atoms with Crippen molar-refractivity contribution < 1.29 is 24.2 Å². The number of benzene rings is 1. The minimum absolute atomic E-state index is 0.0434. The van der Waals surface area contributed by atoms with Gasteiger partial charge in [0.05, 0.1) is 17.4 Å². The van der Waals surface area contributed by atoms with Crippen molar-refractivity contribution in [1.29, 1.82) is 0 Å². The number of carbonyl (C=O) groups is 2.